The minimum Gasteiger partial charge on any atom is -0.00385 e. The standard InChI is InChI=1S/H2Si6/c1-5(2)6(3)4/h5-6H. The van der Waals surface area contributed by atoms with Crippen LogP contribution >= 0.6 is 0 Å². The lowest BCUT2D eigenvalue weighted by molar-refractivity contribution is 3.76. The van der Waals surface area contributed by atoms with Gasteiger partial charge in [-0.05, 0) is 53.7 Å². The molecule has 0 heterocycles. The zero-order chi connectivity index (χ0) is 5.15. The van der Waals surface area contributed by atoms with Gasteiger partial charge in [0.25, 0.3) is 0 Å². The van der Waals surface area contributed by atoms with Crippen molar-refractivity contribution in [2.24, 2.45) is 0 Å². The van der Waals surface area contributed by atoms with Crippen LogP contribution in [-0.2, 0) is 0 Å². The molecule has 0 aliphatic heterocycles. The number of rotatable bonds is 1. The van der Waals surface area contributed by atoms with Crippen molar-refractivity contribution >= 4 is 53.7 Å². The van der Waals surface area contributed by atoms with E-state index in [1.807, 2.05) is 0 Å². The zero-order valence-corrected chi connectivity index (χ0v) is 9.46. The summed E-state index contributed by atoms with van der Waals surface area (Å²) in [4.78, 5) is 0. The molecule has 0 atom stereocenters. The van der Waals surface area contributed by atoms with Crippen LogP contribution in [0.1, 0.15) is 0 Å². The minimum absolute atomic E-state index is 0.667. The normalized spacial score (nSPS) is 11.0. The predicted molar refractivity (Wildman–Crippen MR) is 37.3 cm³/mol. The monoisotopic (exact) mass is 170 g/mol. The largest absolute Gasteiger partial charge is 0.00385 e. The third-order valence-electron chi connectivity index (χ3n) is 0.333. The van der Waals surface area contributed by atoms with Crippen LogP contribution < -0.4 is 0 Å². The van der Waals surface area contributed by atoms with Crippen molar-refractivity contribution in [2.75, 3.05) is 0 Å². The van der Waals surface area contributed by atoms with Crippen LogP contribution in [0.15, 0.2) is 0 Å². The average molecular weight is 171 g/mol. The molecule has 26 valence electrons. The van der Waals surface area contributed by atoms with Gasteiger partial charge in [-0.1, -0.05) is 0 Å². The molecule has 0 saturated heterocycles. The fraction of sp³-hybridized carbons (Fsp3) is 0. The first-order valence-electron chi connectivity index (χ1n) is 1.49. The summed E-state index contributed by atoms with van der Waals surface area (Å²) in [6.07, 6.45) is 0. The van der Waals surface area contributed by atoms with Crippen molar-refractivity contribution in [3.63, 3.8) is 0 Å². The van der Waals surface area contributed by atoms with E-state index in [1.54, 1.807) is 0 Å². The summed E-state index contributed by atoms with van der Waals surface area (Å²) in [5.41, 5.74) is 0. The van der Waals surface area contributed by atoms with Crippen LogP contribution in [0.5, 0.6) is 0 Å². The number of hydrogen-bond donors (Lipinski definition) is 0. The second-order valence-electron chi connectivity index (χ2n) is 0.955. The smallest absolute Gasteiger partial charge is 0.000729 e. The molecule has 0 aromatic rings. The van der Waals surface area contributed by atoms with E-state index in [0.29, 0.717) is 0 Å². The molecule has 0 N–H and O–H groups in total. The maximum absolute atomic E-state index is 3.50. The first kappa shape index (κ1) is 7.30. The van der Waals surface area contributed by atoms with Crippen molar-refractivity contribution in [2.45, 2.75) is 0 Å². The van der Waals surface area contributed by atoms with Crippen LogP contribution in [0.2, 0.25) is 0 Å². The quantitative estimate of drug-likeness (QED) is 0.373. The molecule has 0 saturated carbocycles. The van der Waals surface area contributed by atoms with Gasteiger partial charge in [0.1, 0.15) is 0 Å². The van der Waals surface area contributed by atoms with Crippen LogP contribution in [0.25, 0.3) is 0 Å². The van der Waals surface area contributed by atoms with E-state index >= 15 is 0 Å². The molecule has 0 rings (SSSR count). The maximum Gasteiger partial charge on any atom is -0.000729 e. The Morgan fingerprint density at radius 2 is 0.833 bits per heavy atom. The molecule has 0 aromatic carbocycles. The molecule has 6 heteroatoms. The fourth-order valence-corrected chi connectivity index (χ4v) is 0. The minimum atomic E-state index is -0.667. The summed E-state index contributed by atoms with van der Waals surface area (Å²) < 4.78 is 0. The molecule has 6 heavy (non-hydrogen) atoms. The van der Waals surface area contributed by atoms with E-state index < -0.39 is 14.7 Å². The SMILES string of the molecule is [Si][SiH]([Si])[SiH]([Si])[Si]. The highest BCUT2D eigenvalue weighted by molar-refractivity contribution is 7.76. The third kappa shape index (κ3) is 3.49. The Bertz CT molecular complexity index is 21.0. The van der Waals surface area contributed by atoms with Gasteiger partial charge in [0.2, 0.25) is 0 Å². The summed E-state index contributed by atoms with van der Waals surface area (Å²) in [6, 6.07) is 0. The van der Waals surface area contributed by atoms with E-state index in [4.69, 9.17) is 0 Å². The van der Waals surface area contributed by atoms with Gasteiger partial charge in [-0.25, -0.2) is 0 Å². The molecule has 0 aliphatic carbocycles. The zero-order valence-electron chi connectivity index (χ0n) is 3.15. The molecular weight excluding hydrogens is 169 g/mol. The summed E-state index contributed by atoms with van der Waals surface area (Å²) in [5, 5.41) is 0. The molecule has 0 amide bonds. The van der Waals surface area contributed by atoms with Crippen molar-refractivity contribution in [3.05, 3.63) is 0 Å². The topological polar surface area (TPSA) is 0 Å². The average Bonchev–Trinajstić information content (AvgIpc) is 1.36. The molecule has 0 aliphatic rings. The van der Waals surface area contributed by atoms with Crippen molar-refractivity contribution in [1.82, 2.24) is 0 Å². The van der Waals surface area contributed by atoms with E-state index in [9.17, 15) is 0 Å². The lowest BCUT2D eigenvalue weighted by Gasteiger charge is -2.00. The molecular formula is H2Si6. The highest BCUT2D eigenvalue weighted by Crippen LogP contribution is 1.62. The lowest BCUT2D eigenvalue weighted by atomic mass is 26.1. The molecule has 0 fully saturated rings. The second kappa shape index (κ2) is 3.32. The summed E-state index contributed by atoms with van der Waals surface area (Å²) in [6.45, 7) is 0. The van der Waals surface area contributed by atoms with Gasteiger partial charge in [0.05, 0.1) is 0 Å². The molecule has 0 bridgehead atoms. The van der Waals surface area contributed by atoms with E-state index in [-0.39, 0.29) is 0 Å². The van der Waals surface area contributed by atoms with Gasteiger partial charge in [-0.2, -0.15) is 0 Å². The Morgan fingerprint density at radius 1 is 0.667 bits per heavy atom. The van der Waals surface area contributed by atoms with Gasteiger partial charge in [0.15, 0.2) is 0 Å². The van der Waals surface area contributed by atoms with E-state index in [2.05, 4.69) is 39.0 Å². The van der Waals surface area contributed by atoms with Gasteiger partial charge in [-0.3, -0.25) is 0 Å². The van der Waals surface area contributed by atoms with Crippen LogP contribution in [0.3, 0.4) is 0 Å². The molecule has 0 aromatic heterocycles. The summed E-state index contributed by atoms with van der Waals surface area (Å²) in [7, 11) is 12.7. The third-order valence-corrected chi connectivity index (χ3v) is 27.0. The van der Waals surface area contributed by atoms with Gasteiger partial charge in [0, 0.05) is 0 Å². The molecule has 0 spiro atoms. The second-order valence-corrected chi connectivity index (χ2v) is 25.8. The van der Waals surface area contributed by atoms with Gasteiger partial charge >= 0.3 is 0 Å². The molecule has 0 nitrogen and oxygen atoms in total. The first-order chi connectivity index (χ1) is 2.64. The van der Waals surface area contributed by atoms with Crippen molar-refractivity contribution in [3.8, 4) is 0 Å². The predicted octanol–water partition coefficient (Wildman–Crippen LogP) is -2.82. The van der Waals surface area contributed by atoms with Crippen LogP contribution in [0, 0.1) is 0 Å². The van der Waals surface area contributed by atoms with Crippen LogP contribution in [0.4, 0.5) is 0 Å². The molecule has 12 radical (unpaired) electrons. The fourth-order valence-electron chi connectivity index (χ4n) is 0. The lowest BCUT2D eigenvalue weighted by Crippen LogP contribution is -2.38. The Labute approximate surface area is 54.0 Å². The van der Waals surface area contributed by atoms with E-state index in [1.165, 1.54) is 0 Å². The summed E-state index contributed by atoms with van der Waals surface area (Å²) in [5.74, 6) is 0. The number of hydrogen-bond acceptors (Lipinski definition) is 0. The Hall–Kier alpha value is 1.30. The Kier molecular flexibility index (Phi) is 4.04. The highest BCUT2D eigenvalue weighted by Gasteiger charge is 2.00. The van der Waals surface area contributed by atoms with Crippen molar-refractivity contribution in [1.29, 1.82) is 0 Å². The van der Waals surface area contributed by atoms with Crippen molar-refractivity contribution < 1.29 is 0 Å². The first-order valence-corrected chi connectivity index (χ1v) is 13.4. The maximum atomic E-state index is 3.50. The summed E-state index contributed by atoms with van der Waals surface area (Å²) >= 11 is 0. The Morgan fingerprint density at radius 3 is 0.833 bits per heavy atom. The van der Waals surface area contributed by atoms with Gasteiger partial charge in [-0.15, -0.1) is 0 Å². The van der Waals surface area contributed by atoms with Gasteiger partial charge < -0.3 is 0 Å². The van der Waals surface area contributed by atoms with E-state index in [0.717, 1.165) is 0 Å². The Balaban J connectivity index is 2.99. The molecule has 0 unspecified atom stereocenters. The van der Waals surface area contributed by atoms with Crippen LogP contribution in [-0.4, -0.2) is 53.7 Å². The highest BCUT2D eigenvalue weighted by atomic mass is 30.1.